The van der Waals surface area contributed by atoms with Gasteiger partial charge >= 0.3 is 5.69 Å². The molecule has 0 atom stereocenters. The topological polar surface area (TPSA) is 107 Å². The van der Waals surface area contributed by atoms with Crippen LogP contribution in [0, 0.1) is 24.0 Å². The molecule has 0 unspecified atom stereocenters. The lowest BCUT2D eigenvalue weighted by molar-refractivity contribution is -0.389. The molecule has 0 radical (unpaired) electrons. The van der Waals surface area contributed by atoms with Crippen molar-refractivity contribution in [2.24, 2.45) is 0 Å². The molecule has 10 heteroatoms. The van der Waals surface area contributed by atoms with E-state index in [4.69, 9.17) is 0 Å². The Morgan fingerprint density at radius 2 is 2.10 bits per heavy atom. The van der Waals surface area contributed by atoms with Crippen molar-refractivity contribution >= 4 is 34.9 Å². The third kappa shape index (κ3) is 3.85. The van der Waals surface area contributed by atoms with Crippen LogP contribution in [0.3, 0.4) is 0 Å². The molecule has 112 valence electrons. The van der Waals surface area contributed by atoms with E-state index >= 15 is 0 Å². The number of nitro groups is 1. The lowest BCUT2D eigenvalue weighted by atomic mass is 10.4. The van der Waals surface area contributed by atoms with Crippen LogP contribution in [0.1, 0.15) is 24.9 Å². The molecule has 2 aromatic rings. The van der Waals surface area contributed by atoms with Gasteiger partial charge in [0.15, 0.2) is 9.37 Å². The Balaban J connectivity index is 2.39. The quantitative estimate of drug-likeness (QED) is 0.490. The molecule has 0 saturated heterocycles. The Labute approximate surface area is 129 Å². The van der Waals surface area contributed by atoms with E-state index in [0.29, 0.717) is 28.4 Å². The number of rotatable bonds is 6. The molecule has 2 rings (SSSR count). The molecule has 0 aliphatic carbocycles. The first-order chi connectivity index (χ1) is 10.0. The Bertz CT molecular complexity index is 660. The van der Waals surface area contributed by atoms with Crippen LogP contribution in [0.25, 0.3) is 0 Å². The van der Waals surface area contributed by atoms with E-state index in [2.05, 4.69) is 24.6 Å². The van der Waals surface area contributed by atoms with Gasteiger partial charge in [-0.3, -0.25) is 10.1 Å². The highest BCUT2D eigenvalue weighted by Gasteiger charge is 2.24. The fourth-order valence-corrected chi connectivity index (χ4v) is 3.26. The molecule has 0 fully saturated rings. The molecule has 0 amide bonds. The molecule has 8 nitrogen and oxygen atoms in total. The highest BCUT2D eigenvalue weighted by atomic mass is 32.2. The number of aryl methyl sites for hydroxylation is 2. The first-order valence-electron chi connectivity index (χ1n) is 6.26. The fourth-order valence-electron chi connectivity index (χ4n) is 1.54. The standard InChI is InChI=1S/C11H14N6O2S2/c1-4-5-12-10-13-6(2)8(17(18)19)9(15-10)20-11-14-7(3)16-21-11/h4-5H2,1-3H3,(H,12,13,15). The van der Waals surface area contributed by atoms with Crippen molar-refractivity contribution in [2.45, 2.75) is 36.6 Å². The average molecular weight is 326 g/mol. The van der Waals surface area contributed by atoms with Crippen LogP contribution >= 0.6 is 23.3 Å². The van der Waals surface area contributed by atoms with Gasteiger partial charge in [-0.1, -0.05) is 6.92 Å². The number of aromatic nitrogens is 4. The predicted molar refractivity (Wildman–Crippen MR) is 81.0 cm³/mol. The molecule has 21 heavy (non-hydrogen) atoms. The zero-order valence-electron chi connectivity index (χ0n) is 11.8. The maximum Gasteiger partial charge on any atom is 0.322 e. The molecular formula is C11H14N6O2S2. The Kier molecular flexibility index (Phi) is 5.02. The summed E-state index contributed by atoms with van der Waals surface area (Å²) >= 11 is 2.33. The lowest BCUT2D eigenvalue weighted by Crippen LogP contribution is -2.08. The van der Waals surface area contributed by atoms with Crippen molar-refractivity contribution in [2.75, 3.05) is 11.9 Å². The number of hydrogen-bond donors (Lipinski definition) is 1. The summed E-state index contributed by atoms with van der Waals surface area (Å²) in [6.07, 6.45) is 0.914. The van der Waals surface area contributed by atoms with Crippen molar-refractivity contribution in [3.05, 3.63) is 21.6 Å². The molecular weight excluding hydrogens is 312 g/mol. The van der Waals surface area contributed by atoms with Crippen LogP contribution in [0.15, 0.2) is 9.37 Å². The van der Waals surface area contributed by atoms with E-state index in [-0.39, 0.29) is 10.7 Å². The van der Waals surface area contributed by atoms with Gasteiger partial charge in [0.25, 0.3) is 0 Å². The second-order valence-corrected chi connectivity index (χ2v) is 6.17. The molecule has 2 heterocycles. The minimum Gasteiger partial charge on any atom is -0.354 e. The van der Waals surface area contributed by atoms with Gasteiger partial charge in [-0.15, -0.1) is 0 Å². The Morgan fingerprint density at radius 3 is 2.67 bits per heavy atom. The van der Waals surface area contributed by atoms with E-state index in [1.165, 1.54) is 11.5 Å². The van der Waals surface area contributed by atoms with Gasteiger partial charge in [0.05, 0.1) is 4.92 Å². The predicted octanol–water partition coefficient (Wildman–Crippen LogP) is 2.83. The fraction of sp³-hybridized carbons (Fsp3) is 0.455. The van der Waals surface area contributed by atoms with Gasteiger partial charge < -0.3 is 5.32 Å². The monoisotopic (exact) mass is 326 g/mol. The zero-order valence-corrected chi connectivity index (χ0v) is 13.4. The zero-order chi connectivity index (χ0) is 15.4. The van der Waals surface area contributed by atoms with Crippen LogP contribution in [0.4, 0.5) is 11.6 Å². The lowest BCUT2D eigenvalue weighted by Gasteiger charge is -2.07. The molecule has 2 aromatic heterocycles. The van der Waals surface area contributed by atoms with Crippen molar-refractivity contribution in [1.82, 2.24) is 19.3 Å². The van der Waals surface area contributed by atoms with Crippen LogP contribution in [-0.2, 0) is 0 Å². The number of hydrogen-bond acceptors (Lipinski definition) is 9. The van der Waals surface area contributed by atoms with Crippen LogP contribution in [0.5, 0.6) is 0 Å². The minimum absolute atomic E-state index is 0.0881. The van der Waals surface area contributed by atoms with Crippen LogP contribution < -0.4 is 5.32 Å². The summed E-state index contributed by atoms with van der Waals surface area (Å²) in [5, 5.41) is 14.5. The van der Waals surface area contributed by atoms with Crippen LogP contribution in [-0.4, -0.2) is 30.8 Å². The van der Waals surface area contributed by atoms with E-state index in [9.17, 15) is 10.1 Å². The summed E-state index contributed by atoms with van der Waals surface area (Å²) in [6, 6.07) is 0. The summed E-state index contributed by atoms with van der Waals surface area (Å²) in [6.45, 7) is 6.10. The third-order valence-electron chi connectivity index (χ3n) is 2.43. The van der Waals surface area contributed by atoms with E-state index < -0.39 is 4.92 Å². The van der Waals surface area contributed by atoms with Crippen LogP contribution in [0.2, 0.25) is 0 Å². The highest BCUT2D eigenvalue weighted by Crippen LogP contribution is 2.36. The van der Waals surface area contributed by atoms with E-state index in [0.717, 1.165) is 18.2 Å². The number of nitrogens with zero attached hydrogens (tertiary/aromatic N) is 5. The van der Waals surface area contributed by atoms with Crippen molar-refractivity contribution in [3.63, 3.8) is 0 Å². The van der Waals surface area contributed by atoms with Crippen molar-refractivity contribution in [1.29, 1.82) is 0 Å². The SMILES string of the molecule is CCCNc1nc(C)c([N+](=O)[O-])c(Sc2nc(C)ns2)n1. The van der Waals surface area contributed by atoms with Gasteiger partial charge in [0.1, 0.15) is 11.5 Å². The maximum atomic E-state index is 11.2. The number of anilines is 1. The molecule has 0 saturated carbocycles. The van der Waals surface area contributed by atoms with Crippen molar-refractivity contribution in [3.8, 4) is 0 Å². The number of nitrogens with one attached hydrogen (secondary N) is 1. The third-order valence-corrected chi connectivity index (χ3v) is 4.26. The summed E-state index contributed by atoms with van der Waals surface area (Å²) < 4.78 is 4.68. The summed E-state index contributed by atoms with van der Waals surface area (Å²) in [7, 11) is 0. The van der Waals surface area contributed by atoms with Gasteiger partial charge in [-0.25, -0.2) is 9.97 Å². The van der Waals surface area contributed by atoms with E-state index in [1.54, 1.807) is 13.8 Å². The minimum atomic E-state index is -0.463. The molecule has 0 bridgehead atoms. The summed E-state index contributed by atoms with van der Waals surface area (Å²) in [5.74, 6) is 1.03. The summed E-state index contributed by atoms with van der Waals surface area (Å²) in [4.78, 5) is 23.3. The largest absolute Gasteiger partial charge is 0.354 e. The Hall–Kier alpha value is -1.81. The normalized spacial score (nSPS) is 10.6. The van der Waals surface area contributed by atoms with E-state index in [1.807, 2.05) is 6.92 Å². The molecule has 0 aliphatic heterocycles. The molecule has 0 aromatic carbocycles. The molecule has 1 N–H and O–H groups in total. The average Bonchev–Trinajstić information content (AvgIpc) is 2.80. The second-order valence-electron chi connectivity index (χ2n) is 4.18. The van der Waals surface area contributed by atoms with Gasteiger partial charge in [-0.2, -0.15) is 9.36 Å². The smallest absolute Gasteiger partial charge is 0.322 e. The van der Waals surface area contributed by atoms with Gasteiger partial charge in [-0.05, 0) is 43.6 Å². The second kappa shape index (κ2) is 6.76. The Morgan fingerprint density at radius 1 is 1.33 bits per heavy atom. The first kappa shape index (κ1) is 15.6. The van der Waals surface area contributed by atoms with Crippen molar-refractivity contribution < 1.29 is 4.92 Å². The summed E-state index contributed by atoms with van der Waals surface area (Å²) in [5.41, 5.74) is 0.243. The van der Waals surface area contributed by atoms with Gasteiger partial charge in [0, 0.05) is 6.54 Å². The maximum absolute atomic E-state index is 11.2. The van der Waals surface area contributed by atoms with Gasteiger partial charge in [0.2, 0.25) is 5.95 Å². The molecule has 0 aliphatic rings. The highest BCUT2D eigenvalue weighted by molar-refractivity contribution is 8.01. The molecule has 0 spiro atoms. The first-order valence-corrected chi connectivity index (χ1v) is 7.85.